The lowest BCUT2D eigenvalue weighted by Gasteiger charge is -2.61. The van der Waals surface area contributed by atoms with Crippen LogP contribution in [0.1, 0.15) is 125 Å². The Hall–Kier alpha value is -3.00. The van der Waals surface area contributed by atoms with Gasteiger partial charge in [0, 0.05) is 21.9 Å². The van der Waals surface area contributed by atoms with Gasteiger partial charge in [-0.1, -0.05) is 92.2 Å². The highest BCUT2D eigenvalue weighted by molar-refractivity contribution is 6.04. The minimum absolute atomic E-state index is 0.00817. The maximum Gasteiger partial charge on any atom is 0.251 e. The second kappa shape index (κ2) is 11.4. The highest BCUT2D eigenvalue weighted by atomic mass is 16.2. The Morgan fingerprint density at radius 1 is 1.05 bits per heavy atom. The third-order valence-corrected chi connectivity index (χ3v) is 12.6. The molecule has 0 saturated heterocycles. The first-order valence-electron chi connectivity index (χ1n) is 16.5. The summed E-state index contributed by atoms with van der Waals surface area (Å²) in [5.41, 5.74) is -0.102. The van der Waals surface area contributed by atoms with Crippen LogP contribution < -0.4 is 5.32 Å². The molecule has 0 spiro atoms. The van der Waals surface area contributed by atoms with Crippen LogP contribution in [0.15, 0.2) is 53.6 Å². The number of carbonyl (C=O) groups is 3. The standard InChI is InChI=1S/C39H54N2O3/c1-26-23-34(3,4)18-20-39(26,41-33(44)28-14-12-11-13-15-28)21-19-35(5,6)38(10)17-16-30-36(7,8)32(43)29(25-40)24-37(30,9)31(38)22-27(2)42/h11-15,22,24,26,30H,16-21,23H2,1-10H3,(H,41,44)/b31-22-/t26?,30-,37-,38+,39-/m0/s1. The van der Waals surface area contributed by atoms with Crippen molar-refractivity contribution < 1.29 is 14.4 Å². The number of nitriles is 1. The van der Waals surface area contributed by atoms with E-state index in [1.165, 1.54) is 0 Å². The molecule has 0 aromatic heterocycles. The predicted molar refractivity (Wildman–Crippen MR) is 177 cm³/mol. The van der Waals surface area contributed by atoms with Gasteiger partial charge in [0.05, 0.1) is 5.57 Å². The van der Waals surface area contributed by atoms with Crippen molar-refractivity contribution in [3.63, 3.8) is 0 Å². The van der Waals surface area contributed by atoms with Crippen molar-refractivity contribution in [3.8, 4) is 6.07 Å². The number of amides is 1. The summed E-state index contributed by atoms with van der Waals surface area (Å²) in [5, 5.41) is 13.5. The summed E-state index contributed by atoms with van der Waals surface area (Å²) in [6.07, 6.45) is 10.1. The minimum atomic E-state index is -0.702. The molecule has 0 bridgehead atoms. The van der Waals surface area contributed by atoms with E-state index in [1.54, 1.807) is 6.92 Å². The van der Waals surface area contributed by atoms with Gasteiger partial charge in [0.2, 0.25) is 0 Å². The van der Waals surface area contributed by atoms with Gasteiger partial charge >= 0.3 is 0 Å². The molecule has 5 nitrogen and oxygen atoms in total. The Morgan fingerprint density at radius 3 is 2.25 bits per heavy atom. The van der Waals surface area contributed by atoms with E-state index in [0.717, 1.165) is 50.5 Å². The van der Waals surface area contributed by atoms with E-state index in [1.807, 2.05) is 56.3 Å². The number of allylic oxidation sites excluding steroid dienone is 4. The lowest BCUT2D eigenvalue weighted by atomic mass is 9.42. The molecule has 1 amide bonds. The molecule has 2 saturated carbocycles. The zero-order chi connectivity index (χ0) is 32.9. The molecule has 3 aliphatic carbocycles. The van der Waals surface area contributed by atoms with Crippen LogP contribution in [0, 0.1) is 50.2 Å². The molecule has 0 aliphatic heterocycles. The minimum Gasteiger partial charge on any atom is -0.346 e. The largest absolute Gasteiger partial charge is 0.346 e. The van der Waals surface area contributed by atoms with E-state index in [-0.39, 0.29) is 50.7 Å². The number of rotatable bonds is 7. The first-order chi connectivity index (χ1) is 20.2. The molecule has 0 radical (unpaired) electrons. The van der Waals surface area contributed by atoms with Crippen molar-refractivity contribution in [1.29, 1.82) is 5.26 Å². The number of Topliss-reactive ketones (excluding diaryl/α,β-unsaturated/α-hetero) is 1. The quantitative estimate of drug-likeness (QED) is 0.318. The number of nitrogens with zero attached hydrogens (tertiary/aromatic N) is 1. The summed E-state index contributed by atoms with van der Waals surface area (Å²) in [7, 11) is 0. The van der Waals surface area contributed by atoms with E-state index in [4.69, 9.17) is 0 Å². The van der Waals surface area contributed by atoms with Crippen LogP contribution in [0.25, 0.3) is 0 Å². The fraction of sp³-hybridized carbons (Fsp3) is 0.641. The highest BCUT2D eigenvalue weighted by Gasteiger charge is 2.61. The number of benzene rings is 1. The van der Waals surface area contributed by atoms with Crippen molar-refractivity contribution in [2.24, 2.45) is 38.9 Å². The second-order valence-electron chi connectivity index (χ2n) is 16.7. The molecule has 1 aromatic carbocycles. The maximum atomic E-state index is 13.6. The van der Waals surface area contributed by atoms with Crippen LogP contribution in [0.3, 0.4) is 0 Å². The average molecular weight is 599 g/mol. The van der Waals surface area contributed by atoms with Gasteiger partial charge in [-0.25, -0.2) is 0 Å². The third kappa shape index (κ3) is 5.75. The number of ketones is 2. The molecular formula is C39H54N2O3. The molecular weight excluding hydrogens is 544 g/mol. The van der Waals surface area contributed by atoms with E-state index in [0.29, 0.717) is 11.5 Å². The molecule has 238 valence electrons. The van der Waals surface area contributed by atoms with Gasteiger partial charge in [0.15, 0.2) is 11.6 Å². The van der Waals surface area contributed by atoms with Crippen molar-refractivity contribution in [1.82, 2.24) is 5.32 Å². The van der Waals surface area contributed by atoms with Gasteiger partial charge < -0.3 is 5.32 Å². The van der Waals surface area contributed by atoms with Crippen LogP contribution in [0.2, 0.25) is 0 Å². The van der Waals surface area contributed by atoms with Crippen LogP contribution in [0.4, 0.5) is 0 Å². The summed E-state index contributed by atoms with van der Waals surface area (Å²) < 4.78 is 0. The van der Waals surface area contributed by atoms with Gasteiger partial charge in [-0.2, -0.15) is 5.26 Å². The van der Waals surface area contributed by atoms with E-state index in [2.05, 4.69) is 59.9 Å². The Kier molecular flexibility index (Phi) is 8.79. The number of hydrogen-bond acceptors (Lipinski definition) is 4. The summed E-state index contributed by atoms with van der Waals surface area (Å²) in [5.74, 6) is 0.160. The summed E-state index contributed by atoms with van der Waals surface area (Å²) in [6, 6.07) is 11.7. The van der Waals surface area contributed by atoms with Crippen molar-refractivity contribution in [2.45, 2.75) is 120 Å². The molecule has 5 heteroatoms. The molecule has 3 aliphatic rings. The smallest absolute Gasteiger partial charge is 0.251 e. The average Bonchev–Trinajstić information content (AvgIpc) is 2.94. The highest BCUT2D eigenvalue weighted by Crippen LogP contribution is 2.67. The van der Waals surface area contributed by atoms with Gasteiger partial charge in [0.1, 0.15) is 6.07 Å². The van der Waals surface area contributed by atoms with E-state index < -0.39 is 10.8 Å². The number of nitrogens with one attached hydrogen (secondary N) is 1. The molecule has 1 unspecified atom stereocenters. The lowest BCUT2D eigenvalue weighted by molar-refractivity contribution is -0.131. The van der Waals surface area contributed by atoms with Gasteiger partial charge in [0.25, 0.3) is 5.91 Å². The van der Waals surface area contributed by atoms with Crippen molar-refractivity contribution in [2.75, 3.05) is 0 Å². The zero-order valence-electron chi connectivity index (χ0n) is 28.8. The molecule has 44 heavy (non-hydrogen) atoms. The van der Waals surface area contributed by atoms with Crippen molar-refractivity contribution >= 4 is 17.5 Å². The van der Waals surface area contributed by atoms with Crippen LogP contribution in [-0.4, -0.2) is 23.0 Å². The normalized spacial score (nSPS) is 34.0. The molecule has 2 fully saturated rings. The Morgan fingerprint density at radius 2 is 1.68 bits per heavy atom. The Bertz CT molecular complexity index is 1420. The molecule has 0 heterocycles. The predicted octanol–water partition coefficient (Wildman–Crippen LogP) is 8.80. The Labute approximate surface area is 266 Å². The summed E-state index contributed by atoms with van der Waals surface area (Å²) in [6.45, 7) is 21.5. The van der Waals surface area contributed by atoms with Crippen LogP contribution >= 0.6 is 0 Å². The summed E-state index contributed by atoms with van der Waals surface area (Å²) >= 11 is 0. The van der Waals surface area contributed by atoms with E-state index >= 15 is 0 Å². The number of fused-ring (bicyclic) bond motifs is 1. The topological polar surface area (TPSA) is 87.0 Å². The van der Waals surface area contributed by atoms with Crippen LogP contribution in [0.5, 0.6) is 0 Å². The SMILES string of the molecule is CC(=O)/C=C1/[C@@]2(C)C=C(C#N)C(=O)C(C)(C)[C@@H]2CC[C@@]1(C)C(C)(C)CC[C@@]1(NC(=O)c2ccccc2)CCC(C)(C)CC1C. The first kappa shape index (κ1) is 33.9. The number of hydrogen-bond donors (Lipinski definition) is 1. The van der Waals surface area contributed by atoms with Gasteiger partial charge in [-0.3, -0.25) is 14.4 Å². The maximum absolute atomic E-state index is 13.6. The molecule has 5 atom stereocenters. The molecule has 4 rings (SSSR count). The zero-order valence-corrected chi connectivity index (χ0v) is 28.8. The Balaban J connectivity index is 1.74. The fourth-order valence-corrected chi connectivity index (χ4v) is 9.37. The molecule has 1 N–H and O–H groups in total. The molecule has 1 aromatic rings. The van der Waals surface area contributed by atoms with Crippen molar-refractivity contribution in [3.05, 3.63) is 59.2 Å². The summed E-state index contributed by atoms with van der Waals surface area (Å²) in [4.78, 5) is 39.8. The second-order valence-corrected chi connectivity index (χ2v) is 16.7. The number of carbonyl (C=O) groups excluding carboxylic acids is 3. The van der Waals surface area contributed by atoms with Gasteiger partial charge in [-0.05, 0) is 98.2 Å². The monoisotopic (exact) mass is 598 g/mol. The van der Waals surface area contributed by atoms with E-state index in [9.17, 15) is 19.6 Å². The lowest BCUT2D eigenvalue weighted by Crippen LogP contribution is -2.58. The third-order valence-electron chi connectivity index (χ3n) is 12.6. The van der Waals surface area contributed by atoms with Gasteiger partial charge in [-0.15, -0.1) is 0 Å². The fourth-order valence-electron chi connectivity index (χ4n) is 9.37. The van der Waals surface area contributed by atoms with Crippen LogP contribution in [-0.2, 0) is 9.59 Å². The first-order valence-corrected chi connectivity index (χ1v) is 16.5.